The molecule has 0 bridgehead atoms. The fourth-order valence-corrected chi connectivity index (χ4v) is 3.32. The molecule has 2 aliphatic heterocycles. The second-order valence-electron chi connectivity index (χ2n) is 5.74. The van der Waals surface area contributed by atoms with Gasteiger partial charge in [0.2, 0.25) is 0 Å². The van der Waals surface area contributed by atoms with Crippen molar-refractivity contribution in [2.75, 3.05) is 12.1 Å². The molecule has 2 aromatic carbocycles. The highest BCUT2D eigenvalue weighted by molar-refractivity contribution is 5.59. The van der Waals surface area contributed by atoms with Crippen LogP contribution in [-0.2, 0) is 15.9 Å². The van der Waals surface area contributed by atoms with Crippen LogP contribution in [0, 0.1) is 17.1 Å². The summed E-state index contributed by atoms with van der Waals surface area (Å²) in [6.45, 7) is 0.184. The van der Waals surface area contributed by atoms with Gasteiger partial charge in [-0.2, -0.15) is 5.26 Å². The molecule has 1 N–H and O–H groups in total. The van der Waals surface area contributed by atoms with Crippen molar-refractivity contribution in [3.05, 3.63) is 65.0 Å². The second-order valence-corrected chi connectivity index (χ2v) is 5.74. The van der Waals surface area contributed by atoms with Crippen LogP contribution in [0.15, 0.2) is 42.5 Å². The lowest BCUT2D eigenvalue weighted by Crippen LogP contribution is -2.35. The number of hydrogen-bond donors (Lipinski definition) is 1. The minimum Gasteiger partial charge on any atom is -0.375 e. The highest BCUT2D eigenvalue weighted by atomic mass is 19.1. The topological polar surface area (TPSA) is 54.3 Å². The Bertz CT molecular complexity index is 787. The number of rotatable bonds is 2. The summed E-state index contributed by atoms with van der Waals surface area (Å²) >= 11 is 0. The molecule has 2 aromatic rings. The van der Waals surface area contributed by atoms with Crippen molar-refractivity contribution in [1.29, 1.82) is 5.26 Å². The van der Waals surface area contributed by atoms with E-state index in [1.54, 1.807) is 12.1 Å². The Labute approximate surface area is 133 Å². The molecule has 23 heavy (non-hydrogen) atoms. The SMILES string of the molecule is N#CCc1ccc2c(c1)C1OCOC1C(c1ccccc1F)N2. The lowest BCUT2D eigenvalue weighted by atomic mass is 9.87. The monoisotopic (exact) mass is 310 g/mol. The van der Waals surface area contributed by atoms with Crippen molar-refractivity contribution in [2.45, 2.75) is 24.7 Å². The molecular weight excluding hydrogens is 295 g/mol. The predicted octanol–water partition coefficient (Wildman–Crippen LogP) is 3.47. The molecule has 5 heteroatoms. The first-order valence-electron chi connectivity index (χ1n) is 7.52. The number of halogens is 1. The summed E-state index contributed by atoms with van der Waals surface area (Å²) in [6, 6.07) is 14.3. The Morgan fingerprint density at radius 2 is 2.04 bits per heavy atom. The summed E-state index contributed by atoms with van der Waals surface area (Å²) < 4.78 is 25.7. The molecule has 4 nitrogen and oxygen atoms in total. The number of benzene rings is 2. The third kappa shape index (κ3) is 2.37. The first-order valence-corrected chi connectivity index (χ1v) is 7.52. The quantitative estimate of drug-likeness (QED) is 0.923. The van der Waals surface area contributed by atoms with Crippen molar-refractivity contribution in [3.8, 4) is 6.07 Å². The van der Waals surface area contributed by atoms with Gasteiger partial charge in [0.1, 0.15) is 24.8 Å². The molecule has 116 valence electrons. The minimum absolute atomic E-state index is 0.184. The van der Waals surface area contributed by atoms with E-state index in [-0.39, 0.29) is 30.9 Å². The maximum atomic E-state index is 14.2. The average Bonchev–Trinajstić information content (AvgIpc) is 3.05. The summed E-state index contributed by atoms with van der Waals surface area (Å²) in [5, 5.41) is 12.2. The normalized spacial score (nSPS) is 25.1. The van der Waals surface area contributed by atoms with Crippen molar-refractivity contribution in [2.24, 2.45) is 0 Å². The number of ether oxygens (including phenoxy) is 2. The van der Waals surface area contributed by atoms with Crippen molar-refractivity contribution in [3.63, 3.8) is 0 Å². The van der Waals surface area contributed by atoms with Crippen LogP contribution < -0.4 is 5.32 Å². The van der Waals surface area contributed by atoms with Crippen LogP contribution in [0.4, 0.5) is 10.1 Å². The van der Waals surface area contributed by atoms with E-state index in [4.69, 9.17) is 14.7 Å². The molecule has 0 saturated carbocycles. The van der Waals surface area contributed by atoms with Gasteiger partial charge < -0.3 is 14.8 Å². The lowest BCUT2D eigenvalue weighted by Gasteiger charge is -2.35. The summed E-state index contributed by atoms with van der Waals surface area (Å²) in [7, 11) is 0. The maximum Gasteiger partial charge on any atom is 0.148 e. The van der Waals surface area contributed by atoms with Crippen LogP contribution in [0.3, 0.4) is 0 Å². The number of nitrogens with zero attached hydrogens (tertiary/aromatic N) is 1. The van der Waals surface area contributed by atoms with Gasteiger partial charge in [0.25, 0.3) is 0 Å². The Hall–Kier alpha value is -2.42. The van der Waals surface area contributed by atoms with E-state index in [0.717, 1.165) is 16.8 Å². The van der Waals surface area contributed by atoms with Gasteiger partial charge >= 0.3 is 0 Å². The van der Waals surface area contributed by atoms with Crippen molar-refractivity contribution < 1.29 is 13.9 Å². The van der Waals surface area contributed by atoms with Gasteiger partial charge in [-0.25, -0.2) is 4.39 Å². The Balaban J connectivity index is 1.77. The number of hydrogen-bond acceptors (Lipinski definition) is 4. The molecule has 3 unspecified atom stereocenters. The summed E-state index contributed by atoms with van der Waals surface area (Å²) in [6.07, 6.45) is -0.200. The predicted molar refractivity (Wildman–Crippen MR) is 82.1 cm³/mol. The average molecular weight is 310 g/mol. The molecular formula is C18H15FN2O2. The van der Waals surface area contributed by atoms with E-state index < -0.39 is 0 Å². The van der Waals surface area contributed by atoms with Gasteiger partial charge in [-0.05, 0) is 23.8 Å². The van der Waals surface area contributed by atoms with Gasteiger partial charge in [0.15, 0.2) is 0 Å². The van der Waals surface area contributed by atoms with Crippen LogP contribution in [0.2, 0.25) is 0 Å². The molecule has 1 fully saturated rings. The number of fused-ring (bicyclic) bond motifs is 3. The zero-order chi connectivity index (χ0) is 15.8. The smallest absolute Gasteiger partial charge is 0.148 e. The Kier molecular flexibility index (Phi) is 3.49. The van der Waals surface area contributed by atoms with E-state index in [1.165, 1.54) is 6.07 Å². The number of anilines is 1. The summed E-state index contributed by atoms with van der Waals surface area (Å²) in [4.78, 5) is 0. The molecule has 0 amide bonds. The first-order chi connectivity index (χ1) is 11.3. The third-order valence-electron chi connectivity index (χ3n) is 4.39. The molecule has 4 rings (SSSR count). The van der Waals surface area contributed by atoms with E-state index in [0.29, 0.717) is 12.0 Å². The lowest BCUT2D eigenvalue weighted by molar-refractivity contribution is 0.0365. The van der Waals surface area contributed by atoms with E-state index in [1.807, 2.05) is 24.3 Å². The van der Waals surface area contributed by atoms with Gasteiger partial charge in [0.05, 0.1) is 18.5 Å². The van der Waals surface area contributed by atoms with Gasteiger partial charge in [-0.15, -0.1) is 0 Å². The number of nitriles is 1. The molecule has 1 saturated heterocycles. The molecule has 0 radical (unpaired) electrons. The van der Waals surface area contributed by atoms with E-state index >= 15 is 0 Å². The van der Waals surface area contributed by atoms with Gasteiger partial charge in [-0.3, -0.25) is 0 Å². The van der Waals surface area contributed by atoms with Crippen LogP contribution in [0.5, 0.6) is 0 Å². The summed E-state index contributed by atoms with van der Waals surface area (Å²) in [5.74, 6) is -0.260. The second kappa shape index (κ2) is 5.65. The highest BCUT2D eigenvalue weighted by Crippen LogP contribution is 2.46. The third-order valence-corrected chi connectivity index (χ3v) is 4.39. The van der Waals surface area contributed by atoms with Crippen LogP contribution >= 0.6 is 0 Å². The van der Waals surface area contributed by atoms with Crippen LogP contribution in [-0.4, -0.2) is 12.9 Å². The van der Waals surface area contributed by atoms with Crippen molar-refractivity contribution in [1.82, 2.24) is 0 Å². The Morgan fingerprint density at radius 3 is 2.87 bits per heavy atom. The molecule has 0 aliphatic carbocycles. The van der Waals surface area contributed by atoms with Crippen LogP contribution in [0.25, 0.3) is 0 Å². The standard InChI is InChI=1S/C18H15FN2O2/c19-14-4-2-1-3-12(14)16-18-17(22-10-23-18)13-9-11(7-8-20)5-6-15(13)21-16/h1-6,9,16-18,21H,7,10H2. The molecule has 2 heterocycles. The van der Waals surface area contributed by atoms with Gasteiger partial charge in [0, 0.05) is 16.8 Å². The van der Waals surface area contributed by atoms with E-state index in [2.05, 4.69) is 11.4 Å². The zero-order valence-corrected chi connectivity index (χ0v) is 12.3. The van der Waals surface area contributed by atoms with Crippen molar-refractivity contribution >= 4 is 5.69 Å². The highest BCUT2D eigenvalue weighted by Gasteiger charge is 2.43. The maximum absolute atomic E-state index is 14.2. The molecule has 2 aliphatic rings. The fourth-order valence-electron chi connectivity index (χ4n) is 3.32. The molecule has 0 spiro atoms. The van der Waals surface area contributed by atoms with Crippen LogP contribution in [0.1, 0.15) is 28.8 Å². The largest absolute Gasteiger partial charge is 0.375 e. The molecule has 3 atom stereocenters. The minimum atomic E-state index is -0.307. The number of nitrogens with one attached hydrogen (secondary N) is 1. The fraction of sp³-hybridized carbons (Fsp3) is 0.278. The van der Waals surface area contributed by atoms with E-state index in [9.17, 15) is 4.39 Å². The summed E-state index contributed by atoms with van der Waals surface area (Å²) in [5.41, 5.74) is 3.37. The van der Waals surface area contributed by atoms with Gasteiger partial charge in [-0.1, -0.05) is 24.3 Å². The molecule has 0 aromatic heterocycles. The zero-order valence-electron chi connectivity index (χ0n) is 12.3. The Morgan fingerprint density at radius 1 is 1.17 bits per heavy atom. The first kappa shape index (κ1) is 14.2.